The Hall–Kier alpha value is -0.910. The molecule has 0 saturated heterocycles. The molecule has 1 unspecified atom stereocenters. The highest BCUT2D eigenvalue weighted by Gasteiger charge is 2.12. The molecule has 0 saturated carbocycles. The smallest absolute Gasteiger partial charge is 0.162 e. The first kappa shape index (κ1) is 16.5. The molecule has 2 N–H and O–H groups in total. The molecule has 0 bridgehead atoms. The lowest BCUT2D eigenvalue weighted by Gasteiger charge is -2.18. The maximum atomic E-state index is 9.35. The fraction of sp³-hybridized carbons (Fsp3) is 0.625. The van der Waals surface area contributed by atoms with Crippen LogP contribution in [0.5, 0.6) is 11.5 Å². The molecule has 1 heterocycles. The Labute approximate surface area is 131 Å². The van der Waals surface area contributed by atoms with Crippen molar-refractivity contribution in [1.29, 1.82) is 0 Å². The molecular weight excluding hydrogens is 286 g/mol. The van der Waals surface area contributed by atoms with Crippen LogP contribution in [0, 0.1) is 0 Å². The first-order valence-corrected chi connectivity index (χ1v) is 8.57. The first-order chi connectivity index (χ1) is 10.2. The van der Waals surface area contributed by atoms with Gasteiger partial charge in [0.2, 0.25) is 0 Å². The van der Waals surface area contributed by atoms with Crippen LogP contribution in [-0.2, 0) is 0 Å². The normalized spacial score (nSPS) is 15.8. The first-order valence-electron chi connectivity index (χ1n) is 7.58. The molecule has 0 aromatic heterocycles. The molecule has 1 aliphatic heterocycles. The third kappa shape index (κ3) is 5.41. The average molecular weight is 311 g/mol. The van der Waals surface area contributed by atoms with Gasteiger partial charge in [0, 0.05) is 23.4 Å². The lowest BCUT2D eigenvalue weighted by atomic mass is 10.2. The van der Waals surface area contributed by atoms with Gasteiger partial charge in [-0.25, -0.2) is 0 Å². The molecule has 0 radical (unpaired) electrons. The molecule has 1 aromatic rings. The van der Waals surface area contributed by atoms with Crippen molar-refractivity contribution in [2.24, 2.45) is 0 Å². The number of benzene rings is 1. The van der Waals surface area contributed by atoms with E-state index in [9.17, 15) is 5.11 Å². The number of aliphatic hydroxyl groups is 1. The van der Waals surface area contributed by atoms with Gasteiger partial charge >= 0.3 is 0 Å². The van der Waals surface area contributed by atoms with Crippen molar-refractivity contribution in [2.75, 3.05) is 25.6 Å². The second-order valence-corrected chi connectivity index (χ2v) is 6.67. The summed E-state index contributed by atoms with van der Waals surface area (Å²) in [6, 6.07) is 6.67. The molecule has 1 aliphatic rings. The quantitative estimate of drug-likeness (QED) is 0.758. The van der Waals surface area contributed by atoms with E-state index in [4.69, 9.17) is 9.47 Å². The molecule has 0 amide bonds. The maximum Gasteiger partial charge on any atom is 0.162 e. The number of rotatable bonds is 7. The van der Waals surface area contributed by atoms with Crippen LogP contribution < -0.4 is 14.8 Å². The molecular formula is C16H25NO3S. The summed E-state index contributed by atoms with van der Waals surface area (Å²) in [5.74, 6) is 2.65. The minimum Gasteiger partial charge on any atom is -0.490 e. The minimum absolute atomic E-state index is 0.165. The second-order valence-electron chi connectivity index (χ2n) is 5.50. The number of ether oxygens (including phenoxy) is 2. The largest absolute Gasteiger partial charge is 0.490 e. The molecule has 2 rings (SSSR count). The Morgan fingerprint density at radius 2 is 2.00 bits per heavy atom. The van der Waals surface area contributed by atoms with Crippen molar-refractivity contribution < 1.29 is 14.6 Å². The van der Waals surface area contributed by atoms with E-state index in [1.54, 1.807) is 11.8 Å². The van der Waals surface area contributed by atoms with E-state index in [2.05, 4.69) is 31.3 Å². The van der Waals surface area contributed by atoms with Gasteiger partial charge in [-0.3, -0.25) is 0 Å². The number of fused-ring (bicyclic) bond motifs is 1. The van der Waals surface area contributed by atoms with Gasteiger partial charge in [-0.1, -0.05) is 13.8 Å². The lowest BCUT2D eigenvalue weighted by molar-refractivity contribution is 0.232. The molecule has 1 aromatic carbocycles. The third-order valence-corrected chi connectivity index (χ3v) is 4.27. The monoisotopic (exact) mass is 311 g/mol. The van der Waals surface area contributed by atoms with Crippen molar-refractivity contribution in [2.45, 2.75) is 43.7 Å². The van der Waals surface area contributed by atoms with Crippen LogP contribution in [0.2, 0.25) is 0 Å². The zero-order valence-electron chi connectivity index (χ0n) is 12.8. The van der Waals surface area contributed by atoms with Crippen molar-refractivity contribution in [3.63, 3.8) is 0 Å². The lowest BCUT2D eigenvalue weighted by Crippen LogP contribution is -2.37. The molecule has 0 aliphatic carbocycles. The Bertz CT molecular complexity index is 440. The summed E-state index contributed by atoms with van der Waals surface area (Å²) in [6.07, 6.45) is 1.87. The predicted octanol–water partition coefficient (Wildman–Crippen LogP) is 2.69. The molecule has 1 atom stereocenters. The fourth-order valence-corrected chi connectivity index (χ4v) is 3.24. The summed E-state index contributed by atoms with van der Waals surface area (Å²) in [4.78, 5) is 1.18. The van der Waals surface area contributed by atoms with Crippen molar-refractivity contribution in [3.05, 3.63) is 18.2 Å². The number of thioether (sulfide) groups is 1. The topological polar surface area (TPSA) is 50.7 Å². The Morgan fingerprint density at radius 3 is 2.71 bits per heavy atom. The van der Waals surface area contributed by atoms with E-state index in [1.807, 2.05) is 6.07 Å². The third-order valence-electron chi connectivity index (χ3n) is 3.24. The van der Waals surface area contributed by atoms with Crippen LogP contribution >= 0.6 is 11.8 Å². The molecule has 0 spiro atoms. The van der Waals surface area contributed by atoms with Gasteiger partial charge in [0.15, 0.2) is 11.5 Å². The van der Waals surface area contributed by atoms with Gasteiger partial charge in [0.1, 0.15) is 0 Å². The highest BCUT2D eigenvalue weighted by molar-refractivity contribution is 7.99. The zero-order chi connectivity index (χ0) is 15.1. The second kappa shape index (κ2) is 8.51. The van der Waals surface area contributed by atoms with Crippen LogP contribution in [0.1, 0.15) is 26.7 Å². The van der Waals surface area contributed by atoms with Crippen LogP contribution in [0.3, 0.4) is 0 Å². The molecule has 4 nitrogen and oxygen atoms in total. The molecule has 0 fully saturated rings. The zero-order valence-corrected chi connectivity index (χ0v) is 13.6. The Morgan fingerprint density at radius 1 is 1.24 bits per heavy atom. The highest BCUT2D eigenvalue weighted by Crippen LogP contribution is 2.34. The minimum atomic E-state index is 0.165. The fourth-order valence-electron chi connectivity index (χ4n) is 2.25. The van der Waals surface area contributed by atoms with Crippen molar-refractivity contribution in [3.8, 4) is 11.5 Å². The van der Waals surface area contributed by atoms with E-state index in [0.29, 0.717) is 12.6 Å². The number of aliphatic hydroxyl groups excluding tert-OH is 1. The van der Waals surface area contributed by atoms with Crippen LogP contribution in [0.4, 0.5) is 0 Å². The van der Waals surface area contributed by atoms with E-state index >= 15 is 0 Å². The van der Waals surface area contributed by atoms with E-state index in [1.165, 1.54) is 4.90 Å². The van der Waals surface area contributed by atoms with Gasteiger partial charge in [-0.05, 0) is 30.4 Å². The van der Waals surface area contributed by atoms with Crippen molar-refractivity contribution in [1.82, 2.24) is 5.32 Å². The van der Waals surface area contributed by atoms with Gasteiger partial charge in [-0.2, -0.15) is 0 Å². The van der Waals surface area contributed by atoms with Crippen LogP contribution in [-0.4, -0.2) is 42.8 Å². The Kier molecular flexibility index (Phi) is 6.67. The van der Waals surface area contributed by atoms with E-state index in [0.717, 1.165) is 36.7 Å². The van der Waals surface area contributed by atoms with Crippen molar-refractivity contribution >= 4 is 11.8 Å². The number of hydrogen-bond acceptors (Lipinski definition) is 5. The van der Waals surface area contributed by atoms with Gasteiger partial charge in [0.25, 0.3) is 0 Å². The molecule has 21 heavy (non-hydrogen) atoms. The van der Waals surface area contributed by atoms with Gasteiger partial charge in [0.05, 0.1) is 19.8 Å². The summed E-state index contributed by atoms with van der Waals surface area (Å²) in [5.41, 5.74) is 0. The summed E-state index contributed by atoms with van der Waals surface area (Å²) < 4.78 is 11.3. The summed E-state index contributed by atoms with van der Waals surface area (Å²) in [5, 5.41) is 12.7. The van der Waals surface area contributed by atoms with E-state index in [-0.39, 0.29) is 12.6 Å². The maximum absolute atomic E-state index is 9.35. The summed E-state index contributed by atoms with van der Waals surface area (Å²) in [6.45, 7) is 5.81. The standard InChI is InChI=1S/C16H25NO3S/c1-12(2)17-13(11-18)6-9-21-14-4-5-15-16(10-14)20-8-3-7-19-15/h4-5,10,12-13,17-18H,3,6-9,11H2,1-2H3. The summed E-state index contributed by atoms with van der Waals surface area (Å²) in [7, 11) is 0. The van der Waals surface area contributed by atoms with Gasteiger partial charge < -0.3 is 19.9 Å². The van der Waals surface area contributed by atoms with Crippen LogP contribution in [0.25, 0.3) is 0 Å². The predicted molar refractivity (Wildman–Crippen MR) is 86.5 cm³/mol. The number of hydrogen-bond donors (Lipinski definition) is 2. The van der Waals surface area contributed by atoms with Crippen LogP contribution in [0.15, 0.2) is 23.1 Å². The molecule has 5 heteroatoms. The van der Waals surface area contributed by atoms with E-state index < -0.39 is 0 Å². The molecule has 118 valence electrons. The average Bonchev–Trinajstić information content (AvgIpc) is 2.70. The van der Waals surface area contributed by atoms with Gasteiger partial charge in [-0.15, -0.1) is 11.8 Å². The summed E-state index contributed by atoms with van der Waals surface area (Å²) >= 11 is 1.78. The SMILES string of the molecule is CC(C)NC(CO)CCSc1ccc2c(c1)OCCCO2. The number of nitrogens with one attached hydrogen (secondary N) is 1. The Balaban J connectivity index is 1.84. The highest BCUT2D eigenvalue weighted by atomic mass is 32.2.